The molecule has 0 saturated carbocycles. The lowest BCUT2D eigenvalue weighted by atomic mass is 10.0. The average molecular weight is 405 g/mol. The minimum Gasteiger partial charge on any atom is -0.490 e. The number of carbonyl (C=O) groups is 1. The van der Waals surface area contributed by atoms with Gasteiger partial charge in [-0.05, 0) is 55.7 Å². The molecule has 0 radical (unpaired) electrons. The summed E-state index contributed by atoms with van der Waals surface area (Å²) in [4.78, 5) is 16.4. The molecule has 0 aliphatic carbocycles. The summed E-state index contributed by atoms with van der Waals surface area (Å²) in [5.41, 5.74) is 3.03. The summed E-state index contributed by atoms with van der Waals surface area (Å²) >= 11 is 0. The number of nitrogens with zero attached hydrogens (tertiary/aromatic N) is 1. The number of hydrogen-bond acceptors (Lipinski definition) is 4. The Bertz CT molecular complexity index is 1030. The molecular weight excluding hydrogens is 378 g/mol. The number of hydrogen-bond donors (Lipinski definition) is 1. The fourth-order valence-electron chi connectivity index (χ4n) is 3.23. The Labute approximate surface area is 177 Å². The Morgan fingerprint density at radius 2 is 1.60 bits per heavy atom. The predicted octanol–water partition coefficient (Wildman–Crippen LogP) is 5.94. The monoisotopic (exact) mass is 405 g/mol. The number of para-hydroxylation sites is 2. The van der Waals surface area contributed by atoms with Gasteiger partial charge in [0.15, 0.2) is 0 Å². The van der Waals surface area contributed by atoms with Crippen LogP contribution in [0.5, 0.6) is 11.5 Å². The first kappa shape index (κ1) is 21.4. The van der Waals surface area contributed by atoms with Gasteiger partial charge < -0.3 is 14.6 Å². The van der Waals surface area contributed by atoms with E-state index < -0.39 is 5.97 Å². The van der Waals surface area contributed by atoms with E-state index in [2.05, 4.69) is 18.8 Å². The third-order valence-corrected chi connectivity index (χ3v) is 4.64. The molecule has 0 aliphatic rings. The maximum atomic E-state index is 11.7. The minimum absolute atomic E-state index is 0.0137. The van der Waals surface area contributed by atoms with E-state index in [1.807, 2.05) is 62.4 Å². The predicted molar refractivity (Wildman–Crippen MR) is 117 cm³/mol. The molecule has 5 heteroatoms. The third kappa shape index (κ3) is 4.98. The Morgan fingerprint density at radius 3 is 2.27 bits per heavy atom. The van der Waals surface area contributed by atoms with Gasteiger partial charge in [0.05, 0.1) is 23.1 Å². The number of benzene rings is 2. The van der Waals surface area contributed by atoms with Crippen LogP contribution in [0.25, 0.3) is 11.3 Å². The van der Waals surface area contributed by atoms with Gasteiger partial charge in [0, 0.05) is 5.56 Å². The van der Waals surface area contributed by atoms with Gasteiger partial charge in [-0.15, -0.1) is 0 Å². The van der Waals surface area contributed by atoms with Crippen LogP contribution in [0.4, 0.5) is 0 Å². The Hall–Kier alpha value is -3.34. The second-order valence-corrected chi connectivity index (χ2v) is 7.64. The molecule has 1 heterocycles. The summed E-state index contributed by atoms with van der Waals surface area (Å²) in [5.74, 6) is 0.704. The fourth-order valence-corrected chi connectivity index (χ4v) is 3.23. The van der Waals surface area contributed by atoms with E-state index in [9.17, 15) is 9.90 Å². The minimum atomic E-state index is -1.03. The molecule has 1 N–H and O–H groups in total. The van der Waals surface area contributed by atoms with Crippen molar-refractivity contribution >= 4 is 5.97 Å². The zero-order valence-electron chi connectivity index (χ0n) is 17.8. The maximum Gasteiger partial charge on any atom is 0.337 e. The van der Waals surface area contributed by atoms with Gasteiger partial charge >= 0.3 is 5.97 Å². The number of rotatable bonds is 8. The van der Waals surface area contributed by atoms with E-state index >= 15 is 0 Å². The molecule has 3 aromatic rings. The highest BCUT2D eigenvalue weighted by Crippen LogP contribution is 2.31. The standard InChI is InChI=1S/C25H27NO4/c1-16(2)18-9-5-7-11-23(18)29-15-22-20(25(27)28)13-14-21(26-22)19-10-6-8-12-24(19)30-17(3)4/h5-14,16-17H,15H2,1-4H3,(H,27,28). The summed E-state index contributed by atoms with van der Waals surface area (Å²) in [6, 6.07) is 18.7. The molecule has 5 nitrogen and oxygen atoms in total. The lowest BCUT2D eigenvalue weighted by Crippen LogP contribution is -2.10. The first-order valence-corrected chi connectivity index (χ1v) is 10.1. The molecule has 0 aliphatic heterocycles. The second kappa shape index (κ2) is 9.44. The number of carboxylic acids is 1. The van der Waals surface area contributed by atoms with E-state index in [4.69, 9.17) is 9.47 Å². The van der Waals surface area contributed by atoms with Gasteiger partial charge in [-0.3, -0.25) is 0 Å². The van der Waals surface area contributed by atoms with Crippen molar-refractivity contribution in [2.24, 2.45) is 0 Å². The zero-order chi connectivity index (χ0) is 21.7. The van der Waals surface area contributed by atoms with E-state index in [1.54, 1.807) is 12.1 Å². The van der Waals surface area contributed by atoms with Crippen molar-refractivity contribution in [1.82, 2.24) is 4.98 Å². The highest BCUT2D eigenvalue weighted by Gasteiger charge is 2.17. The first-order valence-electron chi connectivity index (χ1n) is 10.1. The third-order valence-electron chi connectivity index (χ3n) is 4.64. The van der Waals surface area contributed by atoms with Gasteiger partial charge in [-0.2, -0.15) is 0 Å². The van der Waals surface area contributed by atoms with Crippen LogP contribution in [0.1, 0.15) is 55.2 Å². The number of aromatic nitrogens is 1. The Morgan fingerprint density at radius 1 is 0.933 bits per heavy atom. The zero-order valence-corrected chi connectivity index (χ0v) is 17.8. The molecular formula is C25H27NO4. The molecule has 0 amide bonds. The quantitative estimate of drug-likeness (QED) is 0.502. The van der Waals surface area contributed by atoms with Crippen molar-refractivity contribution in [2.75, 3.05) is 0 Å². The first-order chi connectivity index (χ1) is 14.4. The van der Waals surface area contributed by atoms with Crippen molar-refractivity contribution in [3.05, 3.63) is 77.5 Å². The lowest BCUT2D eigenvalue weighted by molar-refractivity contribution is 0.0693. The number of ether oxygens (including phenoxy) is 2. The summed E-state index contributed by atoms with van der Waals surface area (Å²) in [6.45, 7) is 8.17. The smallest absolute Gasteiger partial charge is 0.337 e. The molecule has 2 aromatic carbocycles. The van der Waals surface area contributed by atoms with Crippen LogP contribution in [0.15, 0.2) is 60.7 Å². The van der Waals surface area contributed by atoms with Crippen LogP contribution >= 0.6 is 0 Å². The number of aromatic carboxylic acids is 1. The number of pyridine rings is 1. The van der Waals surface area contributed by atoms with Gasteiger partial charge in [0.2, 0.25) is 0 Å². The van der Waals surface area contributed by atoms with Crippen LogP contribution in [0.3, 0.4) is 0 Å². The van der Waals surface area contributed by atoms with Crippen molar-refractivity contribution in [3.63, 3.8) is 0 Å². The molecule has 1 aromatic heterocycles. The molecule has 156 valence electrons. The van der Waals surface area contributed by atoms with Crippen LogP contribution < -0.4 is 9.47 Å². The highest BCUT2D eigenvalue weighted by atomic mass is 16.5. The molecule has 0 unspecified atom stereocenters. The molecule has 3 rings (SSSR count). The SMILES string of the molecule is CC(C)Oc1ccccc1-c1ccc(C(=O)O)c(COc2ccccc2C(C)C)n1. The molecule has 0 atom stereocenters. The number of carboxylic acid groups (broad SMARTS) is 1. The highest BCUT2D eigenvalue weighted by molar-refractivity contribution is 5.89. The van der Waals surface area contributed by atoms with Crippen LogP contribution in [0, 0.1) is 0 Å². The molecule has 30 heavy (non-hydrogen) atoms. The van der Waals surface area contributed by atoms with Crippen molar-refractivity contribution in [3.8, 4) is 22.8 Å². The van der Waals surface area contributed by atoms with Gasteiger partial charge in [0.25, 0.3) is 0 Å². The van der Waals surface area contributed by atoms with Crippen molar-refractivity contribution in [2.45, 2.75) is 46.3 Å². The van der Waals surface area contributed by atoms with E-state index in [-0.39, 0.29) is 18.3 Å². The fraction of sp³-hybridized carbons (Fsp3) is 0.280. The van der Waals surface area contributed by atoms with Crippen LogP contribution in [-0.2, 0) is 6.61 Å². The molecule has 0 bridgehead atoms. The van der Waals surface area contributed by atoms with E-state index in [1.165, 1.54) is 0 Å². The summed E-state index contributed by atoms with van der Waals surface area (Å²) < 4.78 is 11.9. The maximum absolute atomic E-state index is 11.7. The molecule has 0 spiro atoms. The normalized spacial score (nSPS) is 11.0. The Kier molecular flexibility index (Phi) is 6.72. The summed E-state index contributed by atoms with van der Waals surface area (Å²) in [5, 5.41) is 9.62. The topological polar surface area (TPSA) is 68.7 Å². The molecule has 0 fully saturated rings. The summed E-state index contributed by atoms with van der Waals surface area (Å²) in [7, 11) is 0. The largest absolute Gasteiger partial charge is 0.490 e. The van der Waals surface area contributed by atoms with Crippen LogP contribution in [-0.4, -0.2) is 22.2 Å². The van der Waals surface area contributed by atoms with Gasteiger partial charge in [-0.1, -0.05) is 44.2 Å². The Balaban J connectivity index is 1.96. The lowest BCUT2D eigenvalue weighted by Gasteiger charge is -2.16. The van der Waals surface area contributed by atoms with Gasteiger partial charge in [-0.25, -0.2) is 9.78 Å². The second-order valence-electron chi connectivity index (χ2n) is 7.64. The van der Waals surface area contributed by atoms with Crippen molar-refractivity contribution in [1.29, 1.82) is 0 Å². The molecule has 0 saturated heterocycles. The van der Waals surface area contributed by atoms with Crippen molar-refractivity contribution < 1.29 is 19.4 Å². The average Bonchev–Trinajstić information content (AvgIpc) is 2.72. The summed E-state index contributed by atoms with van der Waals surface area (Å²) in [6.07, 6.45) is 0.0137. The van der Waals surface area contributed by atoms with Gasteiger partial charge in [0.1, 0.15) is 18.1 Å². The van der Waals surface area contributed by atoms with E-state index in [0.29, 0.717) is 23.1 Å². The van der Waals surface area contributed by atoms with Crippen LogP contribution in [0.2, 0.25) is 0 Å². The van der Waals surface area contributed by atoms with E-state index in [0.717, 1.165) is 16.9 Å².